The second-order valence-corrected chi connectivity index (χ2v) is 8.78. The highest BCUT2D eigenvalue weighted by Gasteiger charge is 2.26. The molecule has 1 N–H and O–H groups in total. The summed E-state index contributed by atoms with van der Waals surface area (Å²) >= 11 is 12.9. The zero-order valence-corrected chi connectivity index (χ0v) is 19.9. The molecular weight excluding hydrogens is 489 g/mol. The van der Waals surface area contributed by atoms with Gasteiger partial charge in [-0.15, -0.1) is 0 Å². The lowest BCUT2D eigenvalue weighted by Gasteiger charge is -2.28. The standard InChI is InChI=1S/C25H19Cl2N5O3/c1-15-13-29-32(25(34)30-15)18-11-21(26)23(22(27)12-18)35-19-5-6-20-16(10-19)7-9-31(24(20)33)14-17-4-2-3-8-28-17/h2-6,8,10-13H,1,7,9,14H2,(H,30,34). The van der Waals surface area contributed by atoms with Crippen LogP contribution in [0.5, 0.6) is 11.5 Å². The van der Waals surface area contributed by atoms with Crippen LogP contribution in [0.25, 0.3) is 0 Å². The van der Waals surface area contributed by atoms with Gasteiger partial charge in [0.25, 0.3) is 5.91 Å². The summed E-state index contributed by atoms with van der Waals surface area (Å²) in [5, 5.41) is 8.14. The predicted molar refractivity (Wildman–Crippen MR) is 134 cm³/mol. The minimum absolute atomic E-state index is 0.0492. The fourth-order valence-electron chi connectivity index (χ4n) is 3.88. The van der Waals surface area contributed by atoms with Crippen LogP contribution in [0.4, 0.5) is 10.5 Å². The van der Waals surface area contributed by atoms with Crippen molar-refractivity contribution in [3.63, 3.8) is 0 Å². The molecule has 3 aromatic rings. The molecule has 8 nitrogen and oxygen atoms in total. The number of benzene rings is 2. The predicted octanol–water partition coefficient (Wildman–Crippen LogP) is 5.41. The van der Waals surface area contributed by atoms with Gasteiger partial charge in [-0.1, -0.05) is 35.8 Å². The van der Waals surface area contributed by atoms with Gasteiger partial charge in [0.1, 0.15) is 5.75 Å². The molecule has 2 aliphatic heterocycles. The summed E-state index contributed by atoms with van der Waals surface area (Å²) < 4.78 is 5.98. The molecule has 1 aromatic heterocycles. The summed E-state index contributed by atoms with van der Waals surface area (Å²) in [6.45, 7) is 4.68. The summed E-state index contributed by atoms with van der Waals surface area (Å²) in [5.74, 6) is 0.685. The maximum absolute atomic E-state index is 13.0. The van der Waals surface area contributed by atoms with Crippen molar-refractivity contribution in [2.45, 2.75) is 13.0 Å². The molecule has 0 saturated carbocycles. The van der Waals surface area contributed by atoms with Crippen molar-refractivity contribution in [1.82, 2.24) is 15.2 Å². The van der Waals surface area contributed by atoms with E-state index >= 15 is 0 Å². The van der Waals surface area contributed by atoms with Gasteiger partial charge in [-0.3, -0.25) is 9.78 Å². The number of fused-ring (bicyclic) bond motifs is 1. The number of carbonyl (C=O) groups is 2. The number of halogens is 2. The molecule has 0 fully saturated rings. The number of anilines is 1. The monoisotopic (exact) mass is 507 g/mol. The Hall–Kier alpha value is -3.88. The SMILES string of the molecule is C=C1C=NN(c2cc(Cl)c(Oc3ccc4c(c3)CCN(Cc3ccccn3)C4=O)c(Cl)c2)C(=O)N1. The van der Waals surface area contributed by atoms with Gasteiger partial charge >= 0.3 is 6.03 Å². The Kier molecular flexibility index (Phi) is 6.15. The Morgan fingerprint density at radius 3 is 2.60 bits per heavy atom. The van der Waals surface area contributed by atoms with Crippen LogP contribution < -0.4 is 15.1 Å². The fraction of sp³-hybridized carbons (Fsp3) is 0.120. The Labute approximate surface area is 211 Å². The van der Waals surface area contributed by atoms with Gasteiger partial charge in [-0.25, -0.2) is 4.79 Å². The number of urea groups is 1. The average molecular weight is 508 g/mol. The number of rotatable bonds is 5. The summed E-state index contributed by atoms with van der Waals surface area (Å²) in [6.07, 6.45) is 3.81. The Morgan fingerprint density at radius 2 is 1.89 bits per heavy atom. The van der Waals surface area contributed by atoms with E-state index in [0.717, 1.165) is 16.3 Å². The van der Waals surface area contributed by atoms with E-state index in [2.05, 4.69) is 22.0 Å². The number of nitrogens with one attached hydrogen (secondary N) is 1. The number of amides is 3. The molecule has 0 bridgehead atoms. The third kappa shape index (κ3) is 4.71. The quantitative estimate of drug-likeness (QED) is 0.500. The summed E-state index contributed by atoms with van der Waals surface area (Å²) in [4.78, 5) is 31.3. The van der Waals surface area contributed by atoms with Gasteiger partial charge in [0.15, 0.2) is 5.75 Å². The van der Waals surface area contributed by atoms with Crippen LogP contribution in [0.1, 0.15) is 21.6 Å². The molecule has 2 aromatic carbocycles. The molecule has 3 heterocycles. The second-order valence-electron chi connectivity index (χ2n) is 7.97. The van der Waals surface area contributed by atoms with E-state index in [-0.39, 0.29) is 21.7 Å². The smallest absolute Gasteiger partial charge is 0.347 e. The van der Waals surface area contributed by atoms with E-state index in [4.69, 9.17) is 27.9 Å². The maximum Gasteiger partial charge on any atom is 0.347 e. The maximum atomic E-state index is 13.0. The van der Waals surface area contributed by atoms with Crippen molar-refractivity contribution in [2.24, 2.45) is 5.10 Å². The molecular formula is C25H19Cl2N5O3. The number of aromatic nitrogens is 1. The Balaban J connectivity index is 1.34. The van der Waals surface area contributed by atoms with Gasteiger partial charge in [-0.05, 0) is 54.4 Å². The zero-order valence-electron chi connectivity index (χ0n) is 18.4. The first-order valence-corrected chi connectivity index (χ1v) is 11.5. The van der Waals surface area contributed by atoms with Crippen LogP contribution in [0, 0.1) is 0 Å². The second kappa shape index (κ2) is 9.40. The first-order chi connectivity index (χ1) is 16.9. The molecule has 0 unspecified atom stereocenters. The van der Waals surface area contributed by atoms with Gasteiger partial charge in [0, 0.05) is 18.3 Å². The highest BCUT2D eigenvalue weighted by Crippen LogP contribution is 2.40. The van der Waals surface area contributed by atoms with Crippen LogP contribution in [0.2, 0.25) is 10.0 Å². The summed E-state index contributed by atoms with van der Waals surface area (Å²) in [5.41, 5.74) is 3.11. The molecule has 5 rings (SSSR count). The van der Waals surface area contributed by atoms with Crippen molar-refractivity contribution in [3.8, 4) is 11.5 Å². The Morgan fingerprint density at radius 1 is 1.09 bits per heavy atom. The van der Waals surface area contributed by atoms with E-state index in [0.29, 0.717) is 42.2 Å². The highest BCUT2D eigenvalue weighted by molar-refractivity contribution is 6.37. The number of allylic oxidation sites excluding steroid dienone is 1. The summed E-state index contributed by atoms with van der Waals surface area (Å²) in [6, 6.07) is 13.5. The normalized spacial score (nSPS) is 15.2. The number of hydrazone groups is 1. The molecule has 0 atom stereocenters. The first kappa shape index (κ1) is 22.9. The minimum Gasteiger partial charge on any atom is -0.454 e. The van der Waals surface area contributed by atoms with E-state index < -0.39 is 6.03 Å². The molecule has 0 spiro atoms. The number of pyridine rings is 1. The van der Waals surface area contributed by atoms with Crippen LogP contribution in [-0.4, -0.2) is 34.6 Å². The van der Waals surface area contributed by atoms with Crippen molar-refractivity contribution in [3.05, 3.63) is 93.9 Å². The third-order valence-corrected chi connectivity index (χ3v) is 6.12. The number of hydrogen-bond donors (Lipinski definition) is 1. The molecule has 176 valence electrons. The molecule has 0 radical (unpaired) electrons. The van der Waals surface area contributed by atoms with Crippen LogP contribution >= 0.6 is 23.2 Å². The fourth-order valence-corrected chi connectivity index (χ4v) is 4.44. The molecule has 10 heteroatoms. The van der Waals surface area contributed by atoms with Crippen molar-refractivity contribution < 1.29 is 14.3 Å². The average Bonchev–Trinajstić information content (AvgIpc) is 2.84. The van der Waals surface area contributed by atoms with Crippen LogP contribution in [-0.2, 0) is 13.0 Å². The van der Waals surface area contributed by atoms with Crippen LogP contribution in [0.15, 0.2) is 72.1 Å². The van der Waals surface area contributed by atoms with Gasteiger partial charge in [0.2, 0.25) is 0 Å². The van der Waals surface area contributed by atoms with E-state index in [1.54, 1.807) is 23.2 Å². The van der Waals surface area contributed by atoms with Gasteiger partial charge in [0.05, 0.1) is 39.9 Å². The van der Waals surface area contributed by atoms with Crippen molar-refractivity contribution in [2.75, 3.05) is 11.6 Å². The lowest BCUT2D eigenvalue weighted by atomic mass is 9.98. The number of nitrogens with zero attached hydrogens (tertiary/aromatic N) is 4. The van der Waals surface area contributed by atoms with Crippen LogP contribution in [0.3, 0.4) is 0 Å². The Bertz CT molecular complexity index is 1350. The van der Waals surface area contributed by atoms with E-state index in [1.807, 2.05) is 24.3 Å². The van der Waals surface area contributed by atoms with Crippen molar-refractivity contribution >= 4 is 47.0 Å². The molecule has 0 aliphatic carbocycles. The lowest BCUT2D eigenvalue weighted by molar-refractivity contribution is 0.0725. The topological polar surface area (TPSA) is 87.1 Å². The third-order valence-electron chi connectivity index (χ3n) is 5.56. The molecule has 3 amide bonds. The van der Waals surface area contributed by atoms with Gasteiger partial charge in [-0.2, -0.15) is 10.1 Å². The highest BCUT2D eigenvalue weighted by atomic mass is 35.5. The number of carbonyl (C=O) groups excluding carboxylic acids is 2. The minimum atomic E-state index is -0.477. The lowest BCUT2D eigenvalue weighted by Crippen LogP contribution is -2.40. The first-order valence-electron chi connectivity index (χ1n) is 10.7. The zero-order chi connectivity index (χ0) is 24.5. The molecule has 2 aliphatic rings. The van der Waals surface area contributed by atoms with Gasteiger partial charge < -0.3 is 15.0 Å². The van der Waals surface area contributed by atoms with E-state index in [9.17, 15) is 9.59 Å². The van der Waals surface area contributed by atoms with Crippen molar-refractivity contribution in [1.29, 1.82) is 0 Å². The number of ether oxygens (including phenoxy) is 1. The summed E-state index contributed by atoms with van der Waals surface area (Å²) in [7, 11) is 0. The molecule has 0 saturated heterocycles. The van der Waals surface area contributed by atoms with E-state index in [1.165, 1.54) is 18.3 Å². The number of hydrogen-bond acceptors (Lipinski definition) is 5. The largest absolute Gasteiger partial charge is 0.454 e. The molecule has 35 heavy (non-hydrogen) atoms.